The van der Waals surface area contributed by atoms with Crippen molar-refractivity contribution in [1.82, 2.24) is 20.4 Å². The molecule has 7 heteroatoms. The molecule has 24 heavy (non-hydrogen) atoms. The van der Waals surface area contributed by atoms with Gasteiger partial charge in [0.1, 0.15) is 5.60 Å². The molecule has 3 heterocycles. The van der Waals surface area contributed by atoms with Gasteiger partial charge in [-0.15, -0.1) is 0 Å². The summed E-state index contributed by atoms with van der Waals surface area (Å²) in [5.74, 6) is 1.52. The van der Waals surface area contributed by atoms with E-state index in [-0.39, 0.29) is 6.09 Å². The maximum absolute atomic E-state index is 12.1. The number of nitrogens with zero attached hydrogens (tertiary/aromatic N) is 3. The predicted octanol–water partition coefficient (Wildman–Crippen LogP) is 1.93. The number of aromatic amines is 1. The summed E-state index contributed by atoms with van der Waals surface area (Å²) >= 11 is 0. The molecule has 1 aromatic heterocycles. The molecule has 0 spiro atoms. The number of amides is 1. The maximum atomic E-state index is 12.1. The second-order valence-electron chi connectivity index (χ2n) is 7.68. The molecule has 3 rings (SSSR count). The van der Waals surface area contributed by atoms with Crippen LogP contribution in [0.4, 0.5) is 10.6 Å². The van der Waals surface area contributed by atoms with E-state index in [4.69, 9.17) is 4.74 Å². The van der Waals surface area contributed by atoms with Crippen molar-refractivity contribution in [3.8, 4) is 0 Å². The summed E-state index contributed by atoms with van der Waals surface area (Å²) < 4.78 is 5.44. The average Bonchev–Trinajstić information content (AvgIpc) is 3.04. The van der Waals surface area contributed by atoms with Crippen molar-refractivity contribution < 1.29 is 9.53 Å². The first-order valence-corrected chi connectivity index (χ1v) is 8.91. The normalized spacial score (nSPS) is 22.5. The van der Waals surface area contributed by atoms with Gasteiger partial charge in [0.25, 0.3) is 0 Å². The maximum Gasteiger partial charge on any atom is 0.410 e. The molecule has 2 aliphatic heterocycles. The van der Waals surface area contributed by atoms with Crippen LogP contribution in [0, 0.1) is 0 Å². The molecule has 0 aliphatic carbocycles. The van der Waals surface area contributed by atoms with E-state index in [1.165, 1.54) is 18.5 Å². The number of piperazine rings is 1. The fourth-order valence-corrected chi connectivity index (χ4v) is 3.26. The van der Waals surface area contributed by atoms with Crippen LogP contribution in [0.1, 0.15) is 45.2 Å². The minimum absolute atomic E-state index is 0.224. The summed E-state index contributed by atoms with van der Waals surface area (Å²) in [5, 5.41) is 11.1. The number of rotatable bonds is 2. The van der Waals surface area contributed by atoms with Crippen molar-refractivity contribution in [2.75, 3.05) is 44.2 Å². The second kappa shape index (κ2) is 7.01. The Balaban J connectivity index is 1.53. The number of carbonyl (C=O) groups is 1. The number of piperidine rings is 1. The molecule has 2 aliphatic rings. The average molecular weight is 335 g/mol. The largest absolute Gasteiger partial charge is 0.444 e. The van der Waals surface area contributed by atoms with E-state index in [9.17, 15) is 4.79 Å². The molecule has 2 saturated heterocycles. The number of anilines is 1. The van der Waals surface area contributed by atoms with Gasteiger partial charge in [0.15, 0.2) is 5.82 Å². The first-order chi connectivity index (χ1) is 11.4. The number of aromatic nitrogens is 2. The summed E-state index contributed by atoms with van der Waals surface area (Å²) in [4.78, 5) is 16.1. The first-order valence-electron chi connectivity index (χ1n) is 8.91. The van der Waals surface area contributed by atoms with Gasteiger partial charge in [-0.1, -0.05) is 0 Å². The van der Waals surface area contributed by atoms with Crippen LogP contribution >= 0.6 is 0 Å². The SMILES string of the molecule is CC(C)(C)OC(=O)N1CCN(c2cc([C@H]3CCCNC3)[nH]n2)CC1. The van der Waals surface area contributed by atoms with Gasteiger partial charge >= 0.3 is 6.09 Å². The first kappa shape index (κ1) is 17.1. The van der Waals surface area contributed by atoms with E-state index in [0.29, 0.717) is 19.0 Å². The summed E-state index contributed by atoms with van der Waals surface area (Å²) in [6.45, 7) is 10.7. The van der Waals surface area contributed by atoms with E-state index < -0.39 is 5.60 Å². The fraction of sp³-hybridized carbons (Fsp3) is 0.765. The van der Waals surface area contributed by atoms with E-state index in [2.05, 4.69) is 26.5 Å². The molecular weight excluding hydrogens is 306 g/mol. The summed E-state index contributed by atoms with van der Waals surface area (Å²) in [5.41, 5.74) is 0.770. The highest BCUT2D eigenvalue weighted by atomic mass is 16.6. The number of hydrogen-bond donors (Lipinski definition) is 2. The van der Waals surface area contributed by atoms with Gasteiger partial charge in [-0.05, 0) is 40.2 Å². The zero-order chi connectivity index (χ0) is 17.2. The van der Waals surface area contributed by atoms with Crippen molar-refractivity contribution in [2.24, 2.45) is 0 Å². The third kappa shape index (κ3) is 4.20. The summed E-state index contributed by atoms with van der Waals surface area (Å²) in [7, 11) is 0. The van der Waals surface area contributed by atoms with Crippen molar-refractivity contribution in [1.29, 1.82) is 0 Å². The van der Waals surface area contributed by atoms with Gasteiger partial charge in [0.05, 0.1) is 0 Å². The lowest BCUT2D eigenvalue weighted by atomic mass is 9.96. The molecule has 134 valence electrons. The monoisotopic (exact) mass is 335 g/mol. The van der Waals surface area contributed by atoms with Crippen molar-refractivity contribution in [2.45, 2.75) is 45.1 Å². The quantitative estimate of drug-likeness (QED) is 0.864. The van der Waals surface area contributed by atoms with Gasteiger partial charge in [-0.3, -0.25) is 5.10 Å². The zero-order valence-electron chi connectivity index (χ0n) is 15.0. The molecule has 7 nitrogen and oxygen atoms in total. The summed E-state index contributed by atoms with van der Waals surface area (Å²) in [6, 6.07) is 2.17. The third-order valence-electron chi connectivity index (χ3n) is 4.58. The molecular formula is C17H29N5O2. The number of hydrogen-bond acceptors (Lipinski definition) is 5. The van der Waals surface area contributed by atoms with Crippen LogP contribution < -0.4 is 10.2 Å². The number of nitrogens with one attached hydrogen (secondary N) is 2. The highest BCUT2D eigenvalue weighted by Gasteiger charge is 2.27. The van der Waals surface area contributed by atoms with Gasteiger partial charge in [-0.25, -0.2) is 4.79 Å². The Labute approximate surface area is 143 Å². The topological polar surface area (TPSA) is 73.5 Å². The van der Waals surface area contributed by atoms with Crippen molar-refractivity contribution >= 4 is 11.9 Å². The van der Waals surface area contributed by atoms with Crippen LogP contribution in [0.3, 0.4) is 0 Å². The Kier molecular flexibility index (Phi) is 4.99. The van der Waals surface area contributed by atoms with Crippen molar-refractivity contribution in [3.63, 3.8) is 0 Å². The molecule has 2 N–H and O–H groups in total. The Hall–Kier alpha value is -1.76. The molecule has 0 aromatic carbocycles. The van der Waals surface area contributed by atoms with Crippen LogP contribution in [-0.4, -0.2) is 66.1 Å². The Morgan fingerprint density at radius 1 is 1.29 bits per heavy atom. The fourth-order valence-electron chi connectivity index (χ4n) is 3.26. The van der Waals surface area contributed by atoms with Crippen LogP contribution in [0.25, 0.3) is 0 Å². The van der Waals surface area contributed by atoms with Crippen molar-refractivity contribution in [3.05, 3.63) is 11.8 Å². The predicted molar refractivity (Wildman–Crippen MR) is 93.5 cm³/mol. The standard InChI is InChI=1S/C17H29N5O2/c1-17(2,3)24-16(23)22-9-7-21(8-10-22)15-11-14(19-20-15)13-5-4-6-18-12-13/h11,13,18H,4-10,12H2,1-3H3,(H,19,20)/t13-/m0/s1. The van der Waals surface area contributed by atoms with Crippen LogP contribution in [-0.2, 0) is 4.74 Å². The Morgan fingerprint density at radius 2 is 2.04 bits per heavy atom. The van der Waals surface area contributed by atoms with Crippen LogP contribution in [0.2, 0.25) is 0 Å². The van der Waals surface area contributed by atoms with Crippen LogP contribution in [0.15, 0.2) is 6.07 Å². The highest BCUT2D eigenvalue weighted by molar-refractivity contribution is 5.68. The lowest BCUT2D eigenvalue weighted by Crippen LogP contribution is -2.50. The van der Waals surface area contributed by atoms with E-state index in [1.807, 2.05) is 20.8 Å². The Bertz CT molecular complexity index is 552. The van der Waals surface area contributed by atoms with E-state index in [0.717, 1.165) is 32.0 Å². The molecule has 1 aromatic rings. The minimum atomic E-state index is -0.445. The van der Waals surface area contributed by atoms with Gasteiger partial charge in [0.2, 0.25) is 0 Å². The third-order valence-corrected chi connectivity index (χ3v) is 4.58. The minimum Gasteiger partial charge on any atom is -0.444 e. The number of ether oxygens (including phenoxy) is 1. The molecule has 0 radical (unpaired) electrons. The zero-order valence-corrected chi connectivity index (χ0v) is 15.0. The molecule has 0 saturated carbocycles. The molecule has 0 bridgehead atoms. The number of H-pyrrole nitrogens is 1. The smallest absolute Gasteiger partial charge is 0.410 e. The summed E-state index contributed by atoms with van der Waals surface area (Å²) in [6.07, 6.45) is 2.20. The molecule has 2 fully saturated rings. The van der Waals surface area contributed by atoms with Gasteiger partial charge in [0, 0.05) is 50.4 Å². The number of carbonyl (C=O) groups excluding carboxylic acids is 1. The van der Waals surface area contributed by atoms with Gasteiger partial charge < -0.3 is 19.9 Å². The lowest BCUT2D eigenvalue weighted by molar-refractivity contribution is 0.0240. The van der Waals surface area contributed by atoms with Gasteiger partial charge in [-0.2, -0.15) is 5.10 Å². The molecule has 0 unspecified atom stereocenters. The second-order valence-corrected chi connectivity index (χ2v) is 7.68. The molecule has 1 amide bonds. The highest BCUT2D eigenvalue weighted by Crippen LogP contribution is 2.25. The molecule has 1 atom stereocenters. The van der Waals surface area contributed by atoms with E-state index >= 15 is 0 Å². The Morgan fingerprint density at radius 3 is 2.67 bits per heavy atom. The van der Waals surface area contributed by atoms with E-state index in [1.54, 1.807) is 4.90 Å². The lowest BCUT2D eigenvalue weighted by Gasteiger charge is -2.35. The van der Waals surface area contributed by atoms with Crippen LogP contribution in [0.5, 0.6) is 0 Å².